The summed E-state index contributed by atoms with van der Waals surface area (Å²) < 4.78 is 7.58. The van der Waals surface area contributed by atoms with Crippen LogP contribution in [0.1, 0.15) is 31.2 Å². The molecule has 2 heterocycles. The maximum Gasteiger partial charge on any atom is 0.191 e. The Morgan fingerprint density at radius 3 is 2.86 bits per heavy atom. The number of ether oxygens (including phenoxy) is 1. The van der Waals surface area contributed by atoms with Crippen LogP contribution >= 0.6 is 0 Å². The quantitative estimate of drug-likeness (QED) is 0.407. The standard InChI is InChI=1S/C22H34N6O/c1-5-23-22(24-12-8-13-28-18(3)15-17(2)26-28)25-19-11-14-27(16-19)20-9-6-7-10-21(20)29-4/h6-7,9-10,15,19H,5,8,11-14,16H2,1-4H3,(H2,23,24,25). The Morgan fingerprint density at radius 2 is 2.14 bits per heavy atom. The monoisotopic (exact) mass is 398 g/mol. The summed E-state index contributed by atoms with van der Waals surface area (Å²) in [6.07, 6.45) is 2.05. The van der Waals surface area contributed by atoms with Crippen molar-refractivity contribution in [2.45, 2.75) is 46.2 Å². The minimum absolute atomic E-state index is 0.369. The summed E-state index contributed by atoms with van der Waals surface area (Å²) in [5.41, 5.74) is 3.44. The Balaban J connectivity index is 1.52. The van der Waals surface area contributed by atoms with Crippen LogP contribution in [0.4, 0.5) is 5.69 Å². The number of hydrogen-bond acceptors (Lipinski definition) is 4. The molecule has 0 aliphatic carbocycles. The SMILES string of the molecule is CCNC(=NCCCn1nc(C)cc1C)NC1CCN(c2ccccc2OC)C1. The zero-order valence-corrected chi connectivity index (χ0v) is 18.1. The Bertz CT molecular complexity index is 815. The first-order valence-corrected chi connectivity index (χ1v) is 10.5. The minimum atomic E-state index is 0.369. The Hall–Kier alpha value is -2.70. The fourth-order valence-corrected chi connectivity index (χ4v) is 3.81. The second kappa shape index (κ2) is 10.2. The summed E-state index contributed by atoms with van der Waals surface area (Å²) in [4.78, 5) is 7.15. The molecule has 0 saturated carbocycles. The molecule has 0 amide bonds. The van der Waals surface area contributed by atoms with E-state index in [1.165, 1.54) is 5.69 Å². The van der Waals surface area contributed by atoms with Gasteiger partial charge < -0.3 is 20.3 Å². The second-order valence-electron chi connectivity index (χ2n) is 7.51. The summed E-state index contributed by atoms with van der Waals surface area (Å²) in [6, 6.07) is 10.7. The molecule has 1 aromatic heterocycles. The lowest BCUT2D eigenvalue weighted by Crippen LogP contribution is -2.44. The fraction of sp³-hybridized carbons (Fsp3) is 0.545. The highest BCUT2D eigenvalue weighted by Gasteiger charge is 2.25. The molecule has 158 valence electrons. The Kier molecular flexibility index (Phi) is 7.38. The predicted octanol–water partition coefficient (Wildman–Crippen LogP) is 2.73. The first kappa shape index (κ1) is 21.0. The van der Waals surface area contributed by atoms with Crippen LogP contribution < -0.4 is 20.3 Å². The van der Waals surface area contributed by atoms with Crippen molar-refractivity contribution in [3.63, 3.8) is 0 Å². The normalized spacial score (nSPS) is 16.9. The number of aryl methyl sites for hydroxylation is 3. The lowest BCUT2D eigenvalue weighted by molar-refractivity contribution is 0.415. The van der Waals surface area contributed by atoms with E-state index in [0.29, 0.717) is 6.04 Å². The Morgan fingerprint density at radius 1 is 1.31 bits per heavy atom. The van der Waals surface area contributed by atoms with Gasteiger partial charge in [-0.05, 0) is 51.8 Å². The smallest absolute Gasteiger partial charge is 0.191 e. The maximum atomic E-state index is 5.52. The van der Waals surface area contributed by atoms with Crippen molar-refractivity contribution in [3.05, 3.63) is 41.7 Å². The van der Waals surface area contributed by atoms with E-state index in [1.54, 1.807) is 7.11 Å². The summed E-state index contributed by atoms with van der Waals surface area (Å²) in [5.74, 6) is 1.82. The number of aromatic nitrogens is 2. The number of anilines is 1. The van der Waals surface area contributed by atoms with Gasteiger partial charge in [0.1, 0.15) is 5.75 Å². The zero-order chi connectivity index (χ0) is 20.6. The van der Waals surface area contributed by atoms with Gasteiger partial charge in [-0.3, -0.25) is 9.67 Å². The Labute approximate surface area is 174 Å². The molecule has 1 aliphatic rings. The third-order valence-corrected chi connectivity index (χ3v) is 5.20. The van der Waals surface area contributed by atoms with Gasteiger partial charge in [0.25, 0.3) is 0 Å². The van der Waals surface area contributed by atoms with Crippen molar-refractivity contribution in [2.75, 3.05) is 38.2 Å². The molecule has 1 aromatic carbocycles. The van der Waals surface area contributed by atoms with Crippen LogP contribution in [0.2, 0.25) is 0 Å². The van der Waals surface area contributed by atoms with E-state index in [2.05, 4.69) is 57.4 Å². The molecule has 3 rings (SSSR count). The average molecular weight is 399 g/mol. The van der Waals surface area contributed by atoms with E-state index in [4.69, 9.17) is 9.73 Å². The molecule has 2 N–H and O–H groups in total. The molecule has 1 unspecified atom stereocenters. The molecule has 2 aromatic rings. The molecule has 1 atom stereocenters. The summed E-state index contributed by atoms with van der Waals surface area (Å²) in [5, 5.41) is 11.5. The number of rotatable bonds is 8. The minimum Gasteiger partial charge on any atom is -0.495 e. The van der Waals surface area contributed by atoms with Gasteiger partial charge >= 0.3 is 0 Å². The number of benzene rings is 1. The van der Waals surface area contributed by atoms with Crippen molar-refractivity contribution < 1.29 is 4.74 Å². The summed E-state index contributed by atoms with van der Waals surface area (Å²) in [7, 11) is 1.73. The summed E-state index contributed by atoms with van der Waals surface area (Å²) in [6.45, 7) is 10.7. The van der Waals surface area contributed by atoms with Crippen LogP contribution in [-0.4, -0.2) is 55.1 Å². The van der Waals surface area contributed by atoms with Gasteiger partial charge in [-0.1, -0.05) is 12.1 Å². The number of nitrogens with one attached hydrogen (secondary N) is 2. The van der Waals surface area contributed by atoms with Crippen LogP contribution in [0.25, 0.3) is 0 Å². The number of methoxy groups -OCH3 is 1. The maximum absolute atomic E-state index is 5.52. The molecule has 1 saturated heterocycles. The van der Waals surface area contributed by atoms with Crippen molar-refractivity contribution in [2.24, 2.45) is 4.99 Å². The average Bonchev–Trinajstić information content (AvgIpc) is 3.31. The molecule has 29 heavy (non-hydrogen) atoms. The molecule has 1 fully saturated rings. The molecule has 0 bridgehead atoms. The molecule has 1 aliphatic heterocycles. The molecule has 0 spiro atoms. The molecular weight excluding hydrogens is 364 g/mol. The van der Waals surface area contributed by atoms with Crippen molar-refractivity contribution in [1.29, 1.82) is 0 Å². The third-order valence-electron chi connectivity index (χ3n) is 5.20. The first-order valence-electron chi connectivity index (χ1n) is 10.5. The van der Waals surface area contributed by atoms with Crippen LogP contribution in [-0.2, 0) is 6.54 Å². The second-order valence-corrected chi connectivity index (χ2v) is 7.51. The van der Waals surface area contributed by atoms with Crippen LogP contribution in [0.5, 0.6) is 5.75 Å². The number of para-hydroxylation sites is 2. The molecule has 0 radical (unpaired) electrons. The van der Waals surface area contributed by atoms with E-state index in [1.807, 2.05) is 19.1 Å². The summed E-state index contributed by atoms with van der Waals surface area (Å²) >= 11 is 0. The van der Waals surface area contributed by atoms with E-state index in [-0.39, 0.29) is 0 Å². The topological polar surface area (TPSA) is 66.7 Å². The number of hydrogen-bond donors (Lipinski definition) is 2. The van der Waals surface area contributed by atoms with Gasteiger partial charge in [0.2, 0.25) is 0 Å². The highest BCUT2D eigenvalue weighted by Crippen LogP contribution is 2.30. The van der Waals surface area contributed by atoms with Crippen LogP contribution in [0, 0.1) is 13.8 Å². The molecular formula is C22H34N6O. The predicted molar refractivity (Wildman–Crippen MR) is 119 cm³/mol. The highest BCUT2D eigenvalue weighted by molar-refractivity contribution is 5.80. The van der Waals surface area contributed by atoms with Gasteiger partial charge in [-0.15, -0.1) is 0 Å². The van der Waals surface area contributed by atoms with Gasteiger partial charge in [0.15, 0.2) is 5.96 Å². The molecule has 7 heteroatoms. The van der Waals surface area contributed by atoms with Crippen LogP contribution in [0.3, 0.4) is 0 Å². The van der Waals surface area contributed by atoms with E-state index < -0.39 is 0 Å². The largest absolute Gasteiger partial charge is 0.495 e. The molecule has 7 nitrogen and oxygen atoms in total. The van der Waals surface area contributed by atoms with E-state index in [9.17, 15) is 0 Å². The van der Waals surface area contributed by atoms with Crippen molar-refractivity contribution >= 4 is 11.6 Å². The van der Waals surface area contributed by atoms with Crippen molar-refractivity contribution in [3.8, 4) is 5.75 Å². The number of nitrogens with zero attached hydrogens (tertiary/aromatic N) is 4. The van der Waals surface area contributed by atoms with Gasteiger partial charge in [-0.2, -0.15) is 5.10 Å². The lowest BCUT2D eigenvalue weighted by Gasteiger charge is -2.22. The third kappa shape index (κ3) is 5.65. The first-order chi connectivity index (χ1) is 14.1. The number of aliphatic imine (C=N–C) groups is 1. The van der Waals surface area contributed by atoms with Crippen molar-refractivity contribution in [1.82, 2.24) is 20.4 Å². The van der Waals surface area contributed by atoms with E-state index in [0.717, 1.165) is 68.7 Å². The van der Waals surface area contributed by atoms with Gasteiger partial charge in [0.05, 0.1) is 18.5 Å². The van der Waals surface area contributed by atoms with Gasteiger partial charge in [0, 0.05) is 44.5 Å². The zero-order valence-electron chi connectivity index (χ0n) is 18.1. The fourth-order valence-electron chi connectivity index (χ4n) is 3.81. The van der Waals surface area contributed by atoms with Crippen LogP contribution in [0.15, 0.2) is 35.3 Å². The highest BCUT2D eigenvalue weighted by atomic mass is 16.5. The van der Waals surface area contributed by atoms with E-state index >= 15 is 0 Å². The lowest BCUT2D eigenvalue weighted by atomic mass is 10.2. The van der Waals surface area contributed by atoms with Gasteiger partial charge in [-0.25, -0.2) is 0 Å². The number of guanidine groups is 1.